The third-order valence-corrected chi connectivity index (χ3v) is 7.65. The van der Waals surface area contributed by atoms with E-state index in [1.54, 1.807) is 37.3 Å². The monoisotopic (exact) mass is 555 g/mol. The first kappa shape index (κ1) is 29.9. The van der Waals surface area contributed by atoms with Crippen molar-refractivity contribution in [3.63, 3.8) is 0 Å². The lowest BCUT2D eigenvalue weighted by molar-refractivity contribution is -0.140. The van der Waals surface area contributed by atoms with E-state index in [1.165, 1.54) is 9.21 Å². The van der Waals surface area contributed by atoms with Crippen LogP contribution in [0.1, 0.15) is 51.7 Å². The van der Waals surface area contributed by atoms with Crippen LogP contribution in [-0.4, -0.2) is 50.0 Å². The van der Waals surface area contributed by atoms with Gasteiger partial charge in [-0.1, -0.05) is 48.3 Å². The van der Waals surface area contributed by atoms with Crippen molar-refractivity contribution in [3.8, 4) is 0 Å². The number of rotatable bonds is 12. The molecule has 2 rings (SSSR count). The van der Waals surface area contributed by atoms with Crippen LogP contribution in [0.5, 0.6) is 0 Å². The number of amides is 2. The van der Waals surface area contributed by atoms with Crippen LogP contribution in [0.3, 0.4) is 0 Å². The number of benzene rings is 2. The van der Waals surface area contributed by atoms with Gasteiger partial charge in [0.05, 0.1) is 22.0 Å². The van der Waals surface area contributed by atoms with Crippen LogP contribution in [0.15, 0.2) is 42.5 Å². The molecule has 0 saturated heterocycles. The molecule has 198 valence electrons. The van der Waals surface area contributed by atoms with Gasteiger partial charge in [-0.2, -0.15) is 0 Å². The Hall–Kier alpha value is -2.29. The van der Waals surface area contributed by atoms with Crippen molar-refractivity contribution >= 4 is 50.7 Å². The van der Waals surface area contributed by atoms with E-state index in [9.17, 15) is 18.0 Å². The Morgan fingerprint density at radius 2 is 1.58 bits per heavy atom. The van der Waals surface area contributed by atoms with Gasteiger partial charge in [-0.25, -0.2) is 8.42 Å². The molecule has 0 aromatic heterocycles. The van der Waals surface area contributed by atoms with Gasteiger partial charge in [0.2, 0.25) is 21.8 Å². The van der Waals surface area contributed by atoms with Crippen molar-refractivity contribution in [1.82, 2.24) is 10.2 Å². The lowest BCUT2D eigenvalue weighted by Crippen LogP contribution is -2.49. The van der Waals surface area contributed by atoms with Crippen molar-refractivity contribution in [3.05, 3.63) is 63.6 Å². The summed E-state index contributed by atoms with van der Waals surface area (Å²) in [5, 5.41) is 3.60. The van der Waals surface area contributed by atoms with Gasteiger partial charge in [-0.3, -0.25) is 13.9 Å². The second-order valence-electron chi connectivity index (χ2n) is 9.07. The Bertz CT molecular complexity index is 1150. The zero-order valence-electron chi connectivity index (χ0n) is 21.4. The molecule has 1 unspecified atom stereocenters. The maximum atomic E-state index is 13.3. The quantitative estimate of drug-likeness (QED) is 0.397. The SMILES string of the molecule is CCc1ccc(N(CCCC(=O)N(Cc2ccc(Cl)c(Cl)c2)C(C)C(=O)NC(C)C)S(C)(=O)=O)cc1. The number of hydrogen-bond donors (Lipinski definition) is 1. The highest BCUT2D eigenvalue weighted by molar-refractivity contribution is 7.92. The number of nitrogens with zero attached hydrogens (tertiary/aromatic N) is 2. The molecule has 7 nitrogen and oxygen atoms in total. The average molecular weight is 557 g/mol. The zero-order chi connectivity index (χ0) is 27.0. The Labute approximate surface area is 224 Å². The Balaban J connectivity index is 2.19. The van der Waals surface area contributed by atoms with Crippen LogP contribution < -0.4 is 9.62 Å². The summed E-state index contributed by atoms with van der Waals surface area (Å²) in [6, 6.07) is 11.6. The van der Waals surface area contributed by atoms with E-state index < -0.39 is 16.1 Å². The molecule has 36 heavy (non-hydrogen) atoms. The predicted molar refractivity (Wildman–Crippen MR) is 147 cm³/mol. The van der Waals surface area contributed by atoms with Gasteiger partial charge >= 0.3 is 0 Å². The molecule has 1 atom stereocenters. The lowest BCUT2D eigenvalue weighted by atomic mass is 10.1. The minimum atomic E-state index is -3.54. The first-order valence-corrected chi connectivity index (χ1v) is 14.5. The topological polar surface area (TPSA) is 86.8 Å². The number of anilines is 1. The van der Waals surface area contributed by atoms with Crippen LogP contribution in [0.25, 0.3) is 0 Å². The van der Waals surface area contributed by atoms with E-state index in [4.69, 9.17) is 23.2 Å². The number of hydrogen-bond acceptors (Lipinski definition) is 4. The molecule has 1 N–H and O–H groups in total. The number of carbonyl (C=O) groups excluding carboxylic acids is 2. The second kappa shape index (κ2) is 13.3. The lowest BCUT2D eigenvalue weighted by Gasteiger charge is -2.30. The summed E-state index contributed by atoms with van der Waals surface area (Å²) in [5.41, 5.74) is 2.39. The highest BCUT2D eigenvalue weighted by atomic mass is 35.5. The summed E-state index contributed by atoms with van der Waals surface area (Å²) >= 11 is 12.2. The van der Waals surface area contributed by atoms with Crippen molar-refractivity contribution in [2.45, 2.75) is 65.6 Å². The minimum Gasteiger partial charge on any atom is -0.352 e. The molecule has 0 spiro atoms. The third-order valence-electron chi connectivity index (χ3n) is 5.72. The number of carbonyl (C=O) groups is 2. The molecule has 2 aromatic carbocycles. The van der Waals surface area contributed by atoms with Gasteiger partial charge in [-0.05, 0) is 69.0 Å². The molecule has 0 aliphatic carbocycles. The molecular formula is C26H35Cl2N3O4S. The zero-order valence-corrected chi connectivity index (χ0v) is 23.8. The summed E-state index contributed by atoms with van der Waals surface area (Å²) in [6.45, 7) is 7.71. The summed E-state index contributed by atoms with van der Waals surface area (Å²) in [4.78, 5) is 27.5. The van der Waals surface area contributed by atoms with Gasteiger partial charge in [0, 0.05) is 25.6 Å². The highest BCUT2D eigenvalue weighted by Gasteiger charge is 2.27. The fourth-order valence-corrected chi connectivity index (χ4v) is 5.01. The largest absolute Gasteiger partial charge is 0.352 e. The normalized spacial score (nSPS) is 12.3. The van der Waals surface area contributed by atoms with Crippen molar-refractivity contribution in [2.24, 2.45) is 0 Å². The van der Waals surface area contributed by atoms with Crippen LogP contribution in [0.2, 0.25) is 10.0 Å². The maximum absolute atomic E-state index is 13.3. The first-order chi connectivity index (χ1) is 16.8. The highest BCUT2D eigenvalue weighted by Crippen LogP contribution is 2.24. The Morgan fingerprint density at radius 3 is 2.11 bits per heavy atom. The van der Waals surface area contributed by atoms with Gasteiger partial charge in [-0.15, -0.1) is 0 Å². The van der Waals surface area contributed by atoms with Crippen LogP contribution >= 0.6 is 23.2 Å². The fraction of sp³-hybridized carbons (Fsp3) is 0.462. The molecule has 0 saturated carbocycles. The molecule has 0 radical (unpaired) electrons. The Kier molecular flexibility index (Phi) is 11.1. The molecule has 10 heteroatoms. The number of aryl methyl sites for hydroxylation is 1. The molecule has 2 amide bonds. The molecule has 0 heterocycles. The van der Waals surface area contributed by atoms with E-state index in [-0.39, 0.29) is 43.8 Å². The number of nitrogens with one attached hydrogen (secondary N) is 1. The van der Waals surface area contributed by atoms with Crippen LogP contribution in [0, 0.1) is 0 Å². The van der Waals surface area contributed by atoms with E-state index in [0.717, 1.165) is 23.8 Å². The maximum Gasteiger partial charge on any atom is 0.242 e. The van der Waals surface area contributed by atoms with E-state index in [2.05, 4.69) is 5.32 Å². The summed E-state index contributed by atoms with van der Waals surface area (Å²) < 4.78 is 26.2. The summed E-state index contributed by atoms with van der Waals surface area (Å²) in [6.07, 6.45) is 2.36. The van der Waals surface area contributed by atoms with E-state index in [0.29, 0.717) is 15.7 Å². The van der Waals surface area contributed by atoms with Gasteiger partial charge in [0.25, 0.3) is 0 Å². The number of sulfonamides is 1. The van der Waals surface area contributed by atoms with Crippen LogP contribution in [0.4, 0.5) is 5.69 Å². The summed E-state index contributed by atoms with van der Waals surface area (Å²) in [7, 11) is -3.54. The molecule has 0 fully saturated rings. The summed E-state index contributed by atoms with van der Waals surface area (Å²) in [5.74, 6) is -0.533. The number of halogens is 2. The molecular weight excluding hydrogens is 521 g/mol. The molecule has 0 aliphatic heterocycles. The third kappa shape index (κ3) is 8.68. The first-order valence-electron chi connectivity index (χ1n) is 11.9. The van der Waals surface area contributed by atoms with Crippen molar-refractivity contribution in [2.75, 3.05) is 17.1 Å². The van der Waals surface area contributed by atoms with E-state index >= 15 is 0 Å². The van der Waals surface area contributed by atoms with Gasteiger partial charge in [0.1, 0.15) is 6.04 Å². The van der Waals surface area contributed by atoms with Gasteiger partial charge < -0.3 is 10.2 Å². The van der Waals surface area contributed by atoms with Crippen molar-refractivity contribution < 1.29 is 18.0 Å². The molecule has 0 bridgehead atoms. The average Bonchev–Trinajstić information content (AvgIpc) is 2.80. The van der Waals surface area contributed by atoms with Gasteiger partial charge in [0.15, 0.2) is 0 Å². The minimum absolute atomic E-state index is 0.0691. The second-order valence-corrected chi connectivity index (χ2v) is 11.8. The Morgan fingerprint density at radius 1 is 0.972 bits per heavy atom. The molecule has 2 aromatic rings. The van der Waals surface area contributed by atoms with Crippen LogP contribution in [-0.2, 0) is 32.6 Å². The smallest absolute Gasteiger partial charge is 0.242 e. The standard InChI is InChI=1S/C26H35Cl2N3O4S/c1-6-20-9-12-22(13-10-20)31(36(5,34)35)15-7-8-25(32)30(19(4)26(33)29-18(2)3)17-21-11-14-23(27)24(28)16-21/h9-14,16,18-19H,6-8,15,17H2,1-5H3,(H,29,33). The van der Waals surface area contributed by atoms with Crippen molar-refractivity contribution in [1.29, 1.82) is 0 Å². The fourth-order valence-electron chi connectivity index (χ4n) is 3.72. The molecule has 0 aliphatic rings. The van der Waals surface area contributed by atoms with E-state index in [1.807, 2.05) is 32.9 Å². The predicted octanol–water partition coefficient (Wildman–Crippen LogP) is 5.04.